The summed E-state index contributed by atoms with van der Waals surface area (Å²) < 4.78 is 18.2. The van der Waals surface area contributed by atoms with Gasteiger partial charge in [0.2, 0.25) is 12.7 Å². The summed E-state index contributed by atoms with van der Waals surface area (Å²) in [7, 11) is 10.8. The van der Waals surface area contributed by atoms with Gasteiger partial charge in [-0.3, -0.25) is 0 Å². The normalized spacial score (nSPS) is 11.1. The molecule has 41 heavy (non-hydrogen) atoms. The van der Waals surface area contributed by atoms with E-state index < -0.39 is 0 Å². The molecule has 12 nitrogen and oxygen atoms in total. The van der Waals surface area contributed by atoms with E-state index in [1.165, 1.54) is 0 Å². The molecule has 0 aliphatic rings. The number of aromatic nitrogens is 6. The van der Waals surface area contributed by atoms with Crippen molar-refractivity contribution in [1.82, 2.24) is 19.6 Å². The molecule has 2 aromatic heterocycles. The Morgan fingerprint density at radius 2 is 1.07 bits per heavy atom. The summed E-state index contributed by atoms with van der Waals surface area (Å²) in [6.07, 6.45) is 8.44. The first-order valence-electron chi connectivity index (χ1n) is 12.8. The first-order chi connectivity index (χ1) is 18.9. The predicted molar refractivity (Wildman–Crippen MR) is 157 cm³/mol. The molecule has 0 fully saturated rings. The van der Waals surface area contributed by atoms with E-state index in [2.05, 4.69) is 42.8 Å². The zero-order valence-corrected chi connectivity index (χ0v) is 25.4. The van der Waals surface area contributed by atoms with Gasteiger partial charge in [-0.1, -0.05) is 28.8 Å². The molecule has 2 heterocycles. The van der Waals surface area contributed by atoms with Gasteiger partial charge in [-0.2, -0.15) is 0 Å². The van der Waals surface area contributed by atoms with Crippen molar-refractivity contribution in [2.75, 3.05) is 14.2 Å². The van der Waals surface area contributed by atoms with Gasteiger partial charge >= 0.3 is 11.9 Å². The zero-order valence-electron chi connectivity index (χ0n) is 25.4. The minimum atomic E-state index is 0. The molecular formula is C29H42N10O2. The third kappa shape index (κ3) is 8.26. The van der Waals surface area contributed by atoms with E-state index in [9.17, 15) is 0 Å². The van der Waals surface area contributed by atoms with E-state index in [0.717, 1.165) is 66.1 Å². The van der Waals surface area contributed by atoms with Crippen LogP contribution in [0.4, 0.5) is 23.3 Å². The van der Waals surface area contributed by atoms with E-state index >= 15 is 0 Å². The number of azo groups is 2. The van der Waals surface area contributed by atoms with Crippen molar-refractivity contribution in [2.45, 2.75) is 32.1 Å². The fraction of sp³-hybridized carbons (Fsp3) is 0.379. The molecule has 0 saturated carbocycles. The standard InChI is InChI=1S/C27H36N10O2.2CH3/c1-34-18-28-36(3)26(34)32-30-22-14-12-20(24(16-22)38-5)10-8-7-9-11-21-13-15-23(17-25(21)39-6)31-33-27-35(2)19-29-37(27)4;;/h12-19H,7-11H2,1-6H3;2*1H3/q+2;2*-1. The Bertz CT molecular complexity index is 1320. The lowest BCUT2D eigenvalue weighted by molar-refractivity contribution is -0.659. The highest BCUT2D eigenvalue weighted by molar-refractivity contribution is 5.49. The van der Waals surface area contributed by atoms with Gasteiger partial charge in [-0.05, 0) is 59.1 Å². The van der Waals surface area contributed by atoms with Crippen molar-refractivity contribution in [2.24, 2.45) is 48.6 Å². The molecule has 220 valence electrons. The average molecular weight is 563 g/mol. The predicted octanol–water partition coefficient (Wildman–Crippen LogP) is 5.51. The fourth-order valence-electron chi connectivity index (χ4n) is 4.26. The van der Waals surface area contributed by atoms with Crippen LogP contribution >= 0.6 is 0 Å². The van der Waals surface area contributed by atoms with Crippen LogP contribution in [-0.4, -0.2) is 33.8 Å². The lowest BCUT2D eigenvalue weighted by Crippen LogP contribution is -2.25. The highest BCUT2D eigenvalue weighted by Gasteiger charge is 2.13. The third-order valence-corrected chi connectivity index (χ3v) is 6.45. The number of unbranched alkanes of at least 4 members (excludes halogenated alkanes) is 2. The lowest BCUT2D eigenvalue weighted by atomic mass is 10.0. The van der Waals surface area contributed by atoms with E-state index in [0.29, 0.717) is 11.9 Å². The minimum absolute atomic E-state index is 0. The van der Waals surface area contributed by atoms with Gasteiger partial charge in [0.15, 0.2) is 0 Å². The number of hydrogen-bond donors (Lipinski definition) is 0. The average Bonchev–Trinajstić information content (AvgIpc) is 3.45. The third-order valence-electron chi connectivity index (χ3n) is 6.45. The van der Waals surface area contributed by atoms with Gasteiger partial charge in [0.25, 0.3) is 0 Å². The number of aryl methyl sites for hydroxylation is 6. The van der Waals surface area contributed by atoms with E-state index in [4.69, 9.17) is 9.47 Å². The Kier molecular flexibility index (Phi) is 12.2. The summed E-state index contributed by atoms with van der Waals surface area (Å²) >= 11 is 0. The van der Waals surface area contributed by atoms with E-state index in [1.807, 2.05) is 61.6 Å². The van der Waals surface area contributed by atoms with Crippen LogP contribution in [0, 0.1) is 14.9 Å². The molecule has 0 saturated heterocycles. The fourth-order valence-corrected chi connectivity index (χ4v) is 4.26. The Morgan fingerprint density at radius 1 is 0.659 bits per heavy atom. The van der Waals surface area contributed by atoms with Gasteiger partial charge < -0.3 is 24.3 Å². The summed E-state index contributed by atoms with van der Waals surface area (Å²) in [5.41, 5.74) is 3.80. The molecule has 12 heteroatoms. The van der Waals surface area contributed by atoms with E-state index in [1.54, 1.807) is 36.2 Å². The summed E-state index contributed by atoms with van der Waals surface area (Å²) in [5.74, 6) is 2.97. The molecular weight excluding hydrogens is 520 g/mol. The number of methoxy groups -OCH3 is 2. The molecule has 0 aliphatic heterocycles. The monoisotopic (exact) mass is 562 g/mol. The minimum Gasteiger partial charge on any atom is -0.496 e. The Morgan fingerprint density at radius 3 is 1.41 bits per heavy atom. The number of hydrogen-bond acceptors (Lipinski definition) is 8. The van der Waals surface area contributed by atoms with Crippen molar-refractivity contribution >= 4 is 23.3 Å². The molecule has 0 bridgehead atoms. The highest BCUT2D eigenvalue weighted by Crippen LogP contribution is 2.29. The molecule has 0 atom stereocenters. The second kappa shape index (κ2) is 15.3. The van der Waals surface area contributed by atoms with Crippen molar-refractivity contribution in [3.8, 4) is 11.5 Å². The maximum absolute atomic E-state index is 5.63. The molecule has 0 aliphatic carbocycles. The second-order valence-corrected chi connectivity index (χ2v) is 9.28. The van der Waals surface area contributed by atoms with Crippen LogP contribution < -0.4 is 18.6 Å². The lowest BCUT2D eigenvalue weighted by Gasteiger charge is -2.10. The van der Waals surface area contributed by atoms with Crippen LogP contribution in [0.3, 0.4) is 0 Å². The van der Waals surface area contributed by atoms with Gasteiger partial charge in [0.05, 0.1) is 42.4 Å². The van der Waals surface area contributed by atoms with Gasteiger partial charge in [-0.15, -0.1) is 9.36 Å². The largest absolute Gasteiger partial charge is 0.496 e. The van der Waals surface area contributed by atoms with E-state index in [-0.39, 0.29) is 14.9 Å². The van der Waals surface area contributed by atoms with Crippen molar-refractivity contribution in [3.63, 3.8) is 0 Å². The Hall–Kier alpha value is -4.48. The SMILES string of the molecule is COc1cc(N=Nc2n(C)nc[n+]2C)ccc1CCCCCc1ccc(N=Nc2n(C)nc[n+]2C)cc1OC.[CH3-].[CH3-]. The number of benzene rings is 2. The first-order valence-corrected chi connectivity index (χ1v) is 12.8. The van der Waals surface area contributed by atoms with Crippen LogP contribution in [0.2, 0.25) is 0 Å². The first kappa shape index (κ1) is 32.7. The molecule has 0 N–H and O–H groups in total. The Balaban J connectivity index is 0.00000294. The molecule has 0 spiro atoms. The highest BCUT2D eigenvalue weighted by atomic mass is 16.5. The van der Waals surface area contributed by atoms with Gasteiger partial charge in [0, 0.05) is 22.4 Å². The van der Waals surface area contributed by atoms with Gasteiger partial charge in [0.1, 0.15) is 22.9 Å². The van der Waals surface area contributed by atoms with Crippen LogP contribution in [0.15, 0.2) is 69.5 Å². The number of nitrogens with zero attached hydrogens (tertiary/aromatic N) is 10. The second-order valence-electron chi connectivity index (χ2n) is 9.28. The van der Waals surface area contributed by atoms with Gasteiger partial charge in [-0.25, -0.2) is 9.13 Å². The number of ether oxygens (including phenoxy) is 2. The van der Waals surface area contributed by atoms with Crippen LogP contribution in [0.1, 0.15) is 30.4 Å². The van der Waals surface area contributed by atoms with Crippen LogP contribution in [-0.2, 0) is 41.0 Å². The molecule has 4 aromatic rings. The van der Waals surface area contributed by atoms with Crippen LogP contribution in [0.25, 0.3) is 0 Å². The maximum Gasteiger partial charge on any atom is 0.403 e. The van der Waals surface area contributed by atoms with Crippen molar-refractivity contribution < 1.29 is 18.6 Å². The summed E-state index contributed by atoms with van der Waals surface area (Å²) in [6, 6.07) is 11.9. The molecule has 0 radical (unpaired) electrons. The molecule has 4 rings (SSSR count). The van der Waals surface area contributed by atoms with Crippen molar-refractivity contribution in [1.29, 1.82) is 0 Å². The summed E-state index contributed by atoms with van der Waals surface area (Å²) in [6.45, 7) is 0. The molecule has 2 aromatic carbocycles. The zero-order chi connectivity index (χ0) is 27.8. The Labute approximate surface area is 243 Å². The van der Waals surface area contributed by atoms with Crippen LogP contribution in [0.5, 0.6) is 11.5 Å². The molecule has 0 amide bonds. The maximum atomic E-state index is 5.63. The summed E-state index contributed by atoms with van der Waals surface area (Å²) in [4.78, 5) is 0. The smallest absolute Gasteiger partial charge is 0.403 e. The molecule has 0 unspecified atom stereocenters. The number of rotatable bonds is 12. The summed E-state index contributed by atoms with van der Waals surface area (Å²) in [5, 5.41) is 25.7. The quantitative estimate of drug-likeness (QED) is 0.0981. The topological polar surface area (TPSA) is 111 Å². The van der Waals surface area contributed by atoms with Crippen molar-refractivity contribution in [3.05, 3.63) is 75.0 Å².